The van der Waals surface area contributed by atoms with Crippen molar-refractivity contribution in [3.05, 3.63) is 11.6 Å². The molecule has 114 heavy (non-hydrogen) atoms. The maximum atomic E-state index is 15.7. The fourth-order valence-corrected chi connectivity index (χ4v) is 16.7. The molecule has 4 fully saturated rings. The van der Waals surface area contributed by atoms with Crippen molar-refractivity contribution in [3.63, 3.8) is 0 Å². The Morgan fingerprint density at radius 3 is 1.33 bits per heavy atom. The Morgan fingerprint density at radius 1 is 0.535 bits per heavy atom. The minimum Gasteiger partial charge on any atom is -0.394 e. The number of amides is 2. The molecule has 0 spiro atoms. The molecule has 1 aliphatic heterocycles. The van der Waals surface area contributed by atoms with Crippen LogP contribution in [-0.4, -0.2) is 382 Å². The standard InChI is InChI=1S/C82H152N2O30/c1-60(2)11-10-12-62(5)66-15-16-67-65-14-13-63-57-64(17-20-80(63,6)68(65)18-21-81(66,67)7)84(79(93)82(8,94)76(91)75(70(87)58-85)114-78-74(90)73(89)72(88)71(59-86)113-78)69(77(92)83-61(3)4)19-22-96-25-26-98-29-30-100-33-34-102-37-38-104-41-42-106-45-46-108-49-50-110-53-54-112-56-55-111-52-51-109-48-47-107-44-43-105-40-39-103-36-35-101-32-31-99-28-27-97-24-23-95-9/h13,60-62,64-76,78,85-91,94H,10-12,14-59H2,1-9H3,(H,83,92)/t62-,64?,65+,66-,67+,68+,69?,70?,71?,72+,73?,74+,75?,76?,78+,80+,81-,82?/m1/s1. The van der Waals surface area contributed by atoms with Gasteiger partial charge < -0.3 is 146 Å². The fourth-order valence-electron chi connectivity index (χ4n) is 16.7. The molecule has 0 aromatic rings. The molecule has 0 radical (unpaired) electrons. The molecule has 0 aromatic carbocycles. The van der Waals surface area contributed by atoms with E-state index < -0.39 is 91.7 Å². The maximum absolute atomic E-state index is 15.7. The second-order valence-corrected chi connectivity index (χ2v) is 31.9. The van der Waals surface area contributed by atoms with Gasteiger partial charge in [-0.2, -0.15) is 0 Å². The Hall–Kier alpha value is -2.44. The Kier molecular flexibility index (Phi) is 53.1. The second-order valence-electron chi connectivity index (χ2n) is 31.9. The molecular weight excluding hydrogens is 1490 g/mol. The van der Waals surface area contributed by atoms with Crippen LogP contribution in [0.3, 0.4) is 0 Å². The van der Waals surface area contributed by atoms with Gasteiger partial charge in [-0.05, 0) is 118 Å². The van der Waals surface area contributed by atoms with E-state index in [4.69, 9.17) is 94.7 Å². The predicted octanol–water partition coefficient (Wildman–Crippen LogP) is 3.09. The Morgan fingerprint density at radius 2 is 0.947 bits per heavy atom. The minimum absolute atomic E-state index is 0.0110. The number of hydrogen-bond acceptors (Lipinski definition) is 30. The van der Waals surface area contributed by atoms with E-state index in [9.17, 15) is 45.6 Å². The van der Waals surface area contributed by atoms with Crippen molar-refractivity contribution in [1.29, 1.82) is 0 Å². The Bertz CT molecular complexity index is 2460. The first kappa shape index (κ1) is 102. The predicted molar refractivity (Wildman–Crippen MR) is 420 cm³/mol. The summed E-state index contributed by atoms with van der Waals surface area (Å²) in [6.07, 6.45) is -2.12. The number of nitrogens with zero attached hydrogens (tertiary/aromatic N) is 1. The van der Waals surface area contributed by atoms with Crippen molar-refractivity contribution in [2.45, 2.75) is 205 Å². The lowest BCUT2D eigenvalue weighted by atomic mass is 9.46. The summed E-state index contributed by atoms with van der Waals surface area (Å²) in [6.45, 7) is 29.6. The number of ether oxygens (including phenoxy) is 20. The Labute approximate surface area is 679 Å². The van der Waals surface area contributed by atoms with Crippen molar-refractivity contribution < 1.29 is 145 Å². The van der Waals surface area contributed by atoms with E-state index >= 15 is 4.79 Å². The number of fused-ring (bicyclic) bond motifs is 5. The number of methoxy groups -OCH3 is 1. The maximum Gasteiger partial charge on any atom is 0.258 e. The third-order valence-corrected chi connectivity index (χ3v) is 22.9. The van der Waals surface area contributed by atoms with Crippen LogP contribution in [0.15, 0.2) is 11.6 Å². The van der Waals surface area contributed by atoms with Crippen LogP contribution in [0.5, 0.6) is 0 Å². The highest BCUT2D eigenvalue weighted by Gasteiger charge is 2.61. The molecule has 4 aliphatic carbocycles. The zero-order valence-electron chi connectivity index (χ0n) is 70.5. The third kappa shape index (κ3) is 36.3. The molecule has 3 saturated carbocycles. The van der Waals surface area contributed by atoms with E-state index in [0.717, 1.165) is 19.8 Å². The number of rotatable bonds is 71. The first-order chi connectivity index (χ1) is 55.1. The van der Waals surface area contributed by atoms with Gasteiger partial charge in [-0.15, -0.1) is 0 Å². The number of carbonyl (C=O) groups excluding carboxylic acids is 2. The highest BCUT2D eigenvalue weighted by atomic mass is 16.7. The Balaban J connectivity index is 0.912. The van der Waals surface area contributed by atoms with Gasteiger partial charge >= 0.3 is 0 Å². The number of aliphatic hydroxyl groups is 8. The highest BCUT2D eigenvalue weighted by Crippen LogP contribution is 2.67. The van der Waals surface area contributed by atoms with Gasteiger partial charge in [-0.1, -0.05) is 65.5 Å². The van der Waals surface area contributed by atoms with Crippen molar-refractivity contribution in [2.75, 3.05) is 252 Å². The number of allylic oxidation sites excluding steroid dienone is 1. The molecule has 670 valence electrons. The van der Waals surface area contributed by atoms with Gasteiger partial charge in [0.2, 0.25) is 5.91 Å². The third-order valence-electron chi connectivity index (χ3n) is 22.9. The van der Waals surface area contributed by atoms with Gasteiger partial charge in [0.05, 0.1) is 238 Å². The number of carbonyl (C=O) groups is 2. The summed E-state index contributed by atoms with van der Waals surface area (Å²) in [5, 5.41) is 91.2. The molecule has 2 amide bonds. The van der Waals surface area contributed by atoms with Gasteiger partial charge in [0.25, 0.3) is 5.91 Å². The van der Waals surface area contributed by atoms with E-state index in [1.807, 2.05) is 0 Å². The summed E-state index contributed by atoms with van der Waals surface area (Å²) < 4.78 is 111. The van der Waals surface area contributed by atoms with Crippen molar-refractivity contribution in [2.24, 2.45) is 46.3 Å². The van der Waals surface area contributed by atoms with Gasteiger partial charge in [-0.3, -0.25) is 9.59 Å². The van der Waals surface area contributed by atoms with Crippen LogP contribution in [-0.2, 0) is 104 Å². The van der Waals surface area contributed by atoms with E-state index in [2.05, 4.69) is 46.0 Å². The summed E-state index contributed by atoms with van der Waals surface area (Å²) in [6, 6.07) is -2.27. The van der Waals surface area contributed by atoms with E-state index in [0.29, 0.717) is 260 Å². The molecule has 1 saturated heterocycles. The van der Waals surface area contributed by atoms with Crippen LogP contribution in [0.25, 0.3) is 0 Å². The lowest BCUT2D eigenvalue weighted by Gasteiger charge is -2.59. The lowest BCUT2D eigenvalue weighted by Crippen LogP contribution is -2.67. The van der Waals surface area contributed by atoms with E-state index in [1.54, 1.807) is 21.0 Å². The van der Waals surface area contributed by atoms with Crippen LogP contribution < -0.4 is 5.32 Å². The molecule has 1 heterocycles. The molecule has 32 heteroatoms. The molecule has 32 nitrogen and oxygen atoms in total. The quantitative estimate of drug-likeness (QED) is 0.0312. The molecular formula is C82H152N2O30. The van der Waals surface area contributed by atoms with Gasteiger partial charge in [0.1, 0.15) is 48.8 Å². The average molecular weight is 1650 g/mol. The van der Waals surface area contributed by atoms with Gasteiger partial charge in [0.15, 0.2) is 11.9 Å². The van der Waals surface area contributed by atoms with E-state index in [1.165, 1.54) is 49.0 Å². The van der Waals surface area contributed by atoms with Crippen LogP contribution >= 0.6 is 0 Å². The summed E-state index contributed by atoms with van der Waals surface area (Å²) in [5.74, 6) is 2.03. The molecule has 5 rings (SSSR count). The molecule has 0 bridgehead atoms. The second kappa shape index (κ2) is 59.3. The van der Waals surface area contributed by atoms with E-state index in [-0.39, 0.29) is 49.7 Å². The van der Waals surface area contributed by atoms with Crippen LogP contribution in [0.2, 0.25) is 0 Å². The number of hydrogen-bond donors (Lipinski definition) is 9. The van der Waals surface area contributed by atoms with Crippen molar-refractivity contribution >= 4 is 11.8 Å². The summed E-state index contributed by atoms with van der Waals surface area (Å²) in [5.41, 5.74) is -1.56. The first-order valence-electron chi connectivity index (χ1n) is 42.4. The number of nitrogens with one attached hydrogen (secondary N) is 1. The van der Waals surface area contributed by atoms with Crippen molar-refractivity contribution in [1.82, 2.24) is 10.2 Å². The monoisotopic (exact) mass is 1650 g/mol. The molecule has 18 atom stereocenters. The average Bonchev–Trinajstić information content (AvgIpc) is 1.34. The first-order valence-corrected chi connectivity index (χ1v) is 42.4. The van der Waals surface area contributed by atoms with Crippen LogP contribution in [0.4, 0.5) is 0 Å². The zero-order chi connectivity index (χ0) is 82.8. The zero-order valence-corrected chi connectivity index (χ0v) is 70.5. The van der Waals surface area contributed by atoms with Crippen LogP contribution in [0, 0.1) is 46.3 Å². The summed E-state index contributed by atoms with van der Waals surface area (Å²) in [7, 11) is 1.64. The van der Waals surface area contributed by atoms with Gasteiger partial charge in [-0.25, -0.2) is 0 Å². The summed E-state index contributed by atoms with van der Waals surface area (Å²) >= 11 is 0. The molecule has 5 aliphatic rings. The fraction of sp³-hybridized carbons (Fsp3) is 0.951. The molecule has 8 unspecified atom stereocenters. The molecule has 0 aromatic heterocycles. The normalized spacial score (nSPS) is 26.2. The van der Waals surface area contributed by atoms with Crippen LogP contribution in [0.1, 0.15) is 132 Å². The van der Waals surface area contributed by atoms with Gasteiger partial charge in [0, 0.05) is 32.2 Å². The molecule has 9 N–H and O–H groups in total. The summed E-state index contributed by atoms with van der Waals surface area (Å²) in [4.78, 5) is 31.8. The lowest BCUT2D eigenvalue weighted by molar-refractivity contribution is -0.329. The smallest absolute Gasteiger partial charge is 0.258 e. The minimum atomic E-state index is -2.86. The SMILES string of the molecule is COCCOCCOCCOCCOCCOCCOCCOCCOCCOCCOCCOCCOCCOCCOCCOCCOCCOCCC(C(=O)NC(C)C)N(C(=O)C(C)(O)C(O)C(O[C@@H]1OC(CO)[C@H](O)C(O)[C@@H]1O)C(O)CO)C1CC[C@@]2(C)C(=CC[C@H]3[C@@H]4CC[C@H]([C@H](C)CCCC(C)C)[C@@]4(C)CC[C@@H]32)C1. The highest BCUT2D eigenvalue weighted by molar-refractivity contribution is 5.92. The topological polar surface area (TPSA) is 396 Å². The van der Waals surface area contributed by atoms with Crippen molar-refractivity contribution in [3.8, 4) is 0 Å². The number of aliphatic hydroxyl groups excluding tert-OH is 7. The largest absolute Gasteiger partial charge is 0.394 e.